The summed E-state index contributed by atoms with van der Waals surface area (Å²) in [6.07, 6.45) is 2.54. The molecule has 1 N–H and O–H groups in total. The van der Waals surface area contributed by atoms with Crippen LogP contribution in [0.5, 0.6) is 11.5 Å². The minimum absolute atomic E-state index is 0.0356. The lowest BCUT2D eigenvalue weighted by Gasteiger charge is -2.19. The van der Waals surface area contributed by atoms with Crippen LogP contribution >= 0.6 is 0 Å². The van der Waals surface area contributed by atoms with Gasteiger partial charge in [0.25, 0.3) is 0 Å². The summed E-state index contributed by atoms with van der Waals surface area (Å²) < 4.78 is 11.6. The van der Waals surface area contributed by atoms with Gasteiger partial charge in [-0.2, -0.15) is 0 Å². The van der Waals surface area contributed by atoms with Gasteiger partial charge in [-0.15, -0.1) is 0 Å². The topological polar surface area (TPSA) is 38.7 Å². The Labute approximate surface area is 108 Å². The molecule has 98 valence electrons. The van der Waals surface area contributed by atoms with E-state index in [-0.39, 0.29) is 5.41 Å². The number of benzene rings is 1. The third kappa shape index (κ3) is 2.46. The van der Waals surface area contributed by atoms with Crippen molar-refractivity contribution >= 4 is 0 Å². The summed E-state index contributed by atoms with van der Waals surface area (Å²) in [5, 5.41) is 9.95. The van der Waals surface area contributed by atoms with Crippen molar-refractivity contribution in [1.29, 1.82) is 0 Å². The molecule has 2 aliphatic rings. The van der Waals surface area contributed by atoms with Crippen molar-refractivity contribution in [2.75, 3.05) is 13.2 Å². The molecule has 1 fully saturated rings. The standard InChI is InChI=1S/C15H20O3/c1-14(2)9-17-12-4-3-11(7-13(12)18-10-14)8-15(16)5-6-15/h3-4,7,16H,5-6,8-10H2,1-2H3. The first-order valence-corrected chi connectivity index (χ1v) is 6.57. The lowest BCUT2D eigenvalue weighted by molar-refractivity contribution is 0.140. The van der Waals surface area contributed by atoms with E-state index in [1.54, 1.807) is 0 Å². The molecule has 0 saturated heterocycles. The van der Waals surface area contributed by atoms with E-state index in [0.717, 1.165) is 29.9 Å². The Morgan fingerprint density at radius 1 is 1.11 bits per heavy atom. The Kier molecular flexibility index (Phi) is 2.56. The molecular weight excluding hydrogens is 228 g/mol. The fraction of sp³-hybridized carbons (Fsp3) is 0.600. The van der Waals surface area contributed by atoms with Crippen molar-refractivity contribution in [2.24, 2.45) is 5.41 Å². The quantitative estimate of drug-likeness (QED) is 0.874. The van der Waals surface area contributed by atoms with Crippen LogP contribution in [0.25, 0.3) is 0 Å². The van der Waals surface area contributed by atoms with Crippen molar-refractivity contribution in [1.82, 2.24) is 0 Å². The number of fused-ring (bicyclic) bond motifs is 1. The zero-order valence-electron chi connectivity index (χ0n) is 11.0. The van der Waals surface area contributed by atoms with Crippen molar-refractivity contribution in [3.05, 3.63) is 23.8 Å². The molecule has 3 nitrogen and oxygen atoms in total. The van der Waals surface area contributed by atoms with Crippen LogP contribution < -0.4 is 9.47 Å². The number of aliphatic hydroxyl groups is 1. The van der Waals surface area contributed by atoms with Crippen molar-refractivity contribution in [3.63, 3.8) is 0 Å². The second kappa shape index (κ2) is 3.89. The Morgan fingerprint density at radius 3 is 2.44 bits per heavy atom. The summed E-state index contributed by atoms with van der Waals surface area (Å²) in [5.41, 5.74) is 0.699. The zero-order valence-corrected chi connectivity index (χ0v) is 11.0. The summed E-state index contributed by atoms with van der Waals surface area (Å²) in [7, 11) is 0. The predicted molar refractivity (Wildman–Crippen MR) is 69.1 cm³/mol. The molecule has 1 aromatic rings. The van der Waals surface area contributed by atoms with Gasteiger partial charge in [-0.3, -0.25) is 0 Å². The van der Waals surface area contributed by atoms with Gasteiger partial charge in [-0.05, 0) is 30.5 Å². The maximum absolute atomic E-state index is 9.95. The lowest BCUT2D eigenvalue weighted by atomic mass is 9.97. The van der Waals surface area contributed by atoms with E-state index < -0.39 is 5.60 Å². The Morgan fingerprint density at radius 2 is 1.78 bits per heavy atom. The Bertz CT molecular complexity index is 461. The second-order valence-electron chi connectivity index (χ2n) is 6.42. The van der Waals surface area contributed by atoms with Gasteiger partial charge in [0.05, 0.1) is 18.8 Å². The van der Waals surface area contributed by atoms with Crippen LogP contribution in [0.4, 0.5) is 0 Å². The van der Waals surface area contributed by atoms with E-state index in [2.05, 4.69) is 13.8 Å². The monoisotopic (exact) mass is 248 g/mol. The molecule has 1 aliphatic carbocycles. The SMILES string of the molecule is CC1(C)COc2ccc(CC3(O)CC3)cc2OC1. The van der Waals surface area contributed by atoms with Crippen LogP contribution in [0.1, 0.15) is 32.3 Å². The second-order valence-corrected chi connectivity index (χ2v) is 6.42. The minimum atomic E-state index is -0.459. The molecule has 1 heterocycles. The molecule has 0 aromatic heterocycles. The molecule has 0 radical (unpaired) electrons. The summed E-state index contributed by atoms with van der Waals surface area (Å²) in [6, 6.07) is 5.99. The summed E-state index contributed by atoms with van der Waals surface area (Å²) in [6.45, 7) is 5.59. The van der Waals surface area contributed by atoms with E-state index in [4.69, 9.17) is 9.47 Å². The normalized spacial score (nSPS) is 23.3. The number of ether oxygens (including phenoxy) is 2. The number of hydrogen-bond donors (Lipinski definition) is 1. The third-order valence-corrected chi connectivity index (χ3v) is 3.61. The molecule has 0 bridgehead atoms. The van der Waals surface area contributed by atoms with Crippen molar-refractivity contribution < 1.29 is 14.6 Å². The maximum atomic E-state index is 9.95. The van der Waals surface area contributed by atoms with E-state index in [1.807, 2.05) is 18.2 Å². The molecular formula is C15H20O3. The highest BCUT2D eigenvalue weighted by Gasteiger charge is 2.40. The number of hydrogen-bond acceptors (Lipinski definition) is 3. The molecule has 1 saturated carbocycles. The van der Waals surface area contributed by atoms with Crippen LogP contribution in [-0.2, 0) is 6.42 Å². The number of rotatable bonds is 2. The minimum Gasteiger partial charge on any atom is -0.489 e. The van der Waals surface area contributed by atoms with Gasteiger partial charge in [-0.1, -0.05) is 19.9 Å². The van der Waals surface area contributed by atoms with E-state index in [1.165, 1.54) is 0 Å². The molecule has 0 atom stereocenters. The molecule has 1 aliphatic heterocycles. The largest absolute Gasteiger partial charge is 0.489 e. The predicted octanol–water partition coefficient (Wildman–Crippen LogP) is 2.55. The fourth-order valence-electron chi connectivity index (χ4n) is 2.18. The smallest absolute Gasteiger partial charge is 0.161 e. The highest BCUT2D eigenvalue weighted by Crippen LogP contribution is 2.40. The average Bonchev–Trinajstić information content (AvgIpc) is 3.04. The van der Waals surface area contributed by atoms with Gasteiger partial charge < -0.3 is 14.6 Å². The molecule has 3 heteroatoms. The maximum Gasteiger partial charge on any atom is 0.161 e. The van der Waals surface area contributed by atoms with Gasteiger partial charge >= 0.3 is 0 Å². The molecule has 18 heavy (non-hydrogen) atoms. The Hall–Kier alpha value is -1.22. The first kappa shape index (κ1) is 11.8. The van der Waals surface area contributed by atoms with Crippen molar-refractivity contribution in [3.8, 4) is 11.5 Å². The van der Waals surface area contributed by atoms with Gasteiger partial charge in [0, 0.05) is 11.8 Å². The van der Waals surface area contributed by atoms with E-state index >= 15 is 0 Å². The third-order valence-electron chi connectivity index (χ3n) is 3.61. The summed E-state index contributed by atoms with van der Waals surface area (Å²) in [4.78, 5) is 0. The van der Waals surface area contributed by atoms with Gasteiger partial charge in [0.15, 0.2) is 11.5 Å². The molecule has 3 rings (SSSR count). The van der Waals surface area contributed by atoms with Crippen LogP contribution in [0.3, 0.4) is 0 Å². The van der Waals surface area contributed by atoms with Gasteiger partial charge in [0.1, 0.15) is 0 Å². The van der Waals surface area contributed by atoms with Crippen molar-refractivity contribution in [2.45, 2.75) is 38.7 Å². The first-order chi connectivity index (χ1) is 8.46. The Balaban J connectivity index is 1.81. The fourth-order valence-corrected chi connectivity index (χ4v) is 2.18. The highest BCUT2D eigenvalue weighted by atomic mass is 16.5. The van der Waals surface area contributed by atoms with Crippen LogP contribution in [0, 0.1) is 5.41 Å². The summed E-state index contributed by atoms with van der Waals surface area (Å²) >= 11 is 0. The van der Waals surface area contributed by atoms with Crippen LogP contribution in [-0.4, -0.2) is 23.9 Å². The highest BCUT2D eigenvalue weighted by molar-refractivity contribution is 5.44. The molecule has 0 amide bonds. The van der Waals surface area contributed by atoms with Gasteiger partial charge in [0.2, 0.25) is 0 Å². The zero-order chi connectivity index (χ0) is 12.8. The molecule has 0 spiro atoms. The van der Waals surface area contributed by atoms with Crippen LogP contribution in [0.2, 0.25) is 0 Å². The van der Waals surface area contributed by atoms with Crippen LogP contribution in [0.15, 0.2) is 18.2 Å². The van der Waals surface area contributed by atoms with E-state index in [9.17, 15) is 5.11 Å². The molecule has 0 unspecified atom stereocenters. The van der Waals surface area contributed by atoms with Gasteiger partial charge in [-0.25, -0.2) is 0 Å². The lowest BCUT2D eigenvalue weighted by Crippen LogP contribution is -2.26. The van der Waals surface area contributed by atoms with E-state index in [0.29, 0.717) is 19.6 Å². The first-order valence-electron chi connectivity index (χ1n) is 6.57. The summed E-state index contributed by atoms with van der Waals surface area (Å²) in [5.74, 6) is 1.62. The molecule has 1 aromatic carbocycles. The average molecular weight is 248 g/mol.